The Morgan fingerprint density at radius 1 is 1.21 bits per heavy atom. The fourth-order valence-corrected chi connectivity index (χ4v) is 3.09. The molecular weight excluding hydrogens is 302 g/mol. The van der Waals surface area contributed by atoms with Gasteiger partial charge < -0.3 is 10.2 Å². The molecule has 24 heavy (non-hydrogen) atoms. The highest BCUT2D eigenvalue weighted by atomic mass is 16.2. The molecule has 2 heterocycles. The molecule has 1 aromatic carbocycles. The van der Waals surface area contributed by atoms with Crippen LogP contribution in [0.1, 0.15) is 51.9 Å². The average molecular weight is 327 g/mol. The number of carbonyl (C=O) groups is 1. The number of carbonyl (C=O) groups excluding carboxylic acids is 1. The van der Waals surface area contributed by atoms with E-state index in [-0.39, 0.29) is 17.6 Å². The highest BCUT2D eigenvalue weighted by molar-refractivity contribution is 5.75. The maximum absolute atomic E-state index is 12.7. The predicted octanol–water partition coefficient (Wildman–Crippen LogP) is 3.30. The van der Waals surface area contributed by atoms with Crippen molar-refractivity contribution < 1.29 is 4.79 Å². The number of nitrogens with zero attached hydrogens (tertiary/aromatic N) is 4. The lowest BCUT2D eigenvalue weighted by Gasteiger charge is -2.37. The summed E-state index contributed by atoms with van der Waals surface area (Å²) in [5.74, 6) is 0.824. The van der Waals surface area contributed by atoms with Crippen molar-refractivity contribution in [2.45, 2.75) is 51.6 Å². The van der Waals surface area contributed by atoms with E-state index in [9.17, 15) is 4.79 Å². The van der Waals surface area contributed by atoms with Crippen LogP contribution < -0.4 is 5.32 Å². The van der Waals surface area contributed by atoms with Gasteiger partial charge in [-0.05, 0) is 52.2 Å². The van der Waals surface area contributed by atoms with Crippen LogP contribution in [-0.4, -0.2) is 37.8 Å². The topological polar surface area (TPSA) is 63.1 Å². The first-order chi connectivity index (χ1) is 11.5. The van der Waals surface area contributed by atoms with Gasteiger partial charge in [0.1, 0.15) is 6.33 Å². The second-order valence-corrected chi connectivity index (χ2v) is 7.28. The fraction of sp³-hybridized carbons (Fsp3) is 0.500. The molecule has 1 aliphatic heterocycles. The lowest BCUT2D eigenvalue weighted by molar-refractivity contribution is 0.140. The molecule has 128 valence electrons. The van der Waals surface area contributed by atoms with Crippen molar-refractivity contribution in [2.24, 2.45) is 0 Å². The highest BCUT2D eigenvalue weighted by Crippen LogP contribution is 2.31. The number of para-hydroxylation sites is 1. The molecule has 1 saturated heterocycles. The van der Waals surface area contributed by atoms with Crippen LogP contribution in [0.5, 0.6) is 0 Å². The van der Waals surface area contributed by atoms with E-state index in [1.165, 1.54) is 0 Å². The van der Waals surface area contributed by atoms with Crippen molar-refractivity contribution in [3.8, 4) is 5.69 Å². The second kappa shape index (κ2) is 6.63. The van der Waals surface area contributed by atoms with Gasteiger partial charge in [-0.15, -0.1) is 10.2 Å². The lowest BCUT2D eigenvalue weighted by atomic mass is 10.0. The molecule has 1 fully saturated rings. The number of amides is 2. The third-order valence-electron chi connectivity index (χ3n) is 4.15. The molecular formula is C18H25N5O. The van der Waals surface area contributed by atoms with Gasteiger partial charge in [0.05, 0.1) is 6.04 Å². The number of nitrogens with one attached hydrogen (secondary N) is 1. The summed E-state index contributed by atoms with van der Waals surface area (Å²) < 4.78 is 1.98. The molecule has 1 N–H and O–H groups in total. The van der Waals surface area contributed by atoms with Crippen molar-refractivity contribution in [1.82, 2.24) is 25.0 Å². The van der Waals surface area contributed by atoms with Crippen LogP contribution in [0.25, 0.3) is 5.69 Å². The first-order valence-corrected chi connectivity index (χ1v) is 8.50. The first-order valence-electron chi connectivity index (χ1n) is 8.50. The fourth-order valence-electron chi connectivity index (χ4n) is 3.09. The molecule has 0 bridgehead atoms. The van der Waals surface area contributed by atoms with Gasteiger partial charge in [0, 0.05) is 17.8 Å². The number of likely N-dealkylation sites (tertiary alicyclic amines) is 1. The molecule has 2 aromatic rings. The smallest absolute Gasteiger partial charge is 0.318 e. The summed E-state index contributed by atoms with van der Waals surface area (Å²) in [5, 5.41) is 11.5. The molecule has 1 aliphatic rings. The summed E-state index contributed by atoms with van der Waals surface area (Å²) >= 11 is 0. The van der Waals surface area contributed by atoms with Crippen LogP contribution in [0, 0.1) is 0 Å². The van der Waals surface area contributed by atoms with Gasteiger partial charge in [0.25, 0.3) is 0 Å². The van der Waals surface area contributed by atoms with Crippen molar-refractivity contribution >= 4 is 6.03 Å². The summed E-state index contributed by atoms with van der Waals surface area (Å²) in [4.78, 5) is 14.6. The summed E-state index contributed by atoms with van der Waals surface area (Å²) in [5.41, 5.74) is 0.755. The first kappa shape index (κ1) is 16.5. The van der Waals surface area contributed by atoms with Gasteiger partial charge in [-0.25, -0.2) is 4.79 Å². The minimum Gasteiger partial charge on any atom is -0.333 e. The molecule has 0 saturated carbocycles. The van der Waals surface area contributed by atoms with Crippen LogP contribution in [0.15, 0.2) is 36.7 Å². The molecule has 2 amide bonds. The zero-order valence-corrected chi connectivity index (χ0v) is 14.6. The third kappa shape index (κ3) is 3.58. The number of benzene rings is 1. The van der Waals surface area contributed by atoms with E-state index in [2.05, 4.69) is 15.5 Å². The van der Waals surface area contributed by atoms with Gasteiger partial charge >= 0.3 is 6.03 Å². The Kier molecular flexibility index (Phi) is 4.55. The molecule has 6 nitrogen and oxygen atoms in total. The van der Waals surface area contributed by atoms with Gasteiger partial charge in [-0.1, -0.05) is 18.2 Å². The van der Waals surface area contributed by atoms with Crippen LogP contribution in [0.3, 0.4) is 0 Å². The summed E-state index contributed by atoms with van der Waals surface area (Å²) in [6.07, 6.45) is 4.74. The van der Waals surface area contributed by atoms with Crippen LogP contribution in [0.4, 0.5) is 4.79 Å². The quantitative estimate of drug-likeness (QED) is 0.920. The molecule has 0 aliphatic carbocycles. The van der Waals surface area contributed by atoms with Gasteiger partial charge in [0.15, 0.2) is 5.82 Å². The third-order valence-corrected chi connectivity index (χ3v) is 4.15. The summed E-state index contributed by atoms with van der Waals surface area (Å²) in [6, 6.07) is 9.93. The number of hydrogen-bond donors (Lipinski definition) is 1. The van der Waals surface area contributed by atoms with E-state index in [0.29, 0.717) is 0 Å². The van der Waals surface area contributed by atoms with E-state index in [1.807, 2.05) is 60.6 Å². The highest BCUT2D eigenvalue weighted by Gasteiger charge is 2.33. The van der Waals surface area contributed by atoms with Crippen LogP contribution in [-0.2, 0) is 0 Å². The second-order valence-electron chi connectivity index (χ2n) is 7.28. The zero-order chi connectivity index (χ0) is 17.2. The minimum absolute atomic E-state index is 0.0326. The number of aromatic nitrogens is 3. The largest absolute Gasteiger partial charge is 0.333 e. The Hall–Kier alpha value is -2.37. The molecule has 3 rings (SSSR count). The zero-order valence-electron chi connectivity index (χ0n) is 14.6. The monoisotopic (exact) mass is 327 g/mol. The normalized spacial score (nSPS) is 18.5. The lowest BCUT2D eigenvalue weighted by Crippen LogP contribution is -2.51. The minimum atomic E-state index is -0.258. The van der Waals surface area contributed by atoms with Gasteiger partial charge in [-0.2, -0.15) is 0 Å². The number of piperidine rings is 1. The maximum Gasteiger partial charge on any atom is 0.318 e. The Bertz CT molecular complexity index is 689. The van der Waals surface area contributed by atoms with Crippen LogP contribution in [0.2, 0.25) is 0 Å². The Morgan fingerprint density at radius 3 is 2.67 bits per heavy atom. The van der Waals surface area contributed by atoms with Crippen molar-refractivity contribution in [3.63, 3.8) is 0 Å². The van der Waals surface area contributed by atoms with Crippen molar-refractivity contribution in [1.29, 1.82) is 0 Å². The average Bonchev–Trinajstić information content (AvgIpc) is 3.03. The van der Waals surface area contributed by atoms with Crippen molar-refractivity contribution in [3.05, 3.63) is 42.5 Å². The molecule has 1 aromatic heterocycles. The predicted molar refractivity (Wildman–Crippen MR) is 92.9 cm³/mol. The van der Waals surface area contributed by atoms with Gasteiger partial charge in [-0.3, -0.25) is 4.57 Å². The Labute approximate surface area is 142 Å². The number of hydrogen-bond acceptors (Lipinski definition) is 3. The van der Waals surface area contributed by atoms with E-state index in [1.54, 1.807) is 6.33 Å². The van der Waals surface area contributed by atoms with Crippen molar-refractivity contribution in [2.75, 3.05) is 6.54 Å². The Morgan fingerprint density at radius 2 is 1.96 bits per heavy atom. The summed E-state index contributed by atoms with van der Waals surface area (Å²) in [6.45, 7) is 6.73. The number of rotatable bonds is 2. The van der Waals surface area contributed by atoms with E-state index in [0.717, 1.165) is 37.3 Å². The summed E-state index contributed by atoms with van der Waals surface area (Å²) in [7, 11) is 0. The van der Waals surface area contributed by atoms with Crippen LogP contribution >= 0.6 is 0 Å². The SMILES string of the molecule is CC(C)(C)NC(=O)N1CCCC[C@@H]1c1nncn1-c1ccccc1. The molecule has 1 atom stereocenters. The van der Waals surface area contributed by atoms with E-state index >= 15 is 0 Å². The maximum atomic E-state index is 12.7. The standard InChI is InChI=1S/C18H25N5O/c1-18(2,3)20-17(24)22-12-8-7-11-15(22)16-21-19-13-23(16)14-9-5-4-6-10-14/h4-6,9-10,13,15H,7-8,11-12H2,1-3H3,(H,20,24)/t15-/m1/s1. The molecule has 0 spiro atoms. The van der Waals surface area contributed by atoms with E-state index in [4.69, 9.17) is 0 Å². The van der Waals surface area contributed by atoms with Gasteiger partial charge in [0.2, 0.25) is 0 Å². The molecule has 0 radical (unpaired) electrons. The molecule has 0 unspecified atom stereocenters. The number of urea groups is 1. The van der Waals surface area contributed by atoms with E-state index < -0.39 is 0 Å². The molecule has 6 heteroatoms. The Balaban J connectivity index is 1.90.